The van der Waals surface area contributed by atoms with Crippen LogP contribution in [0.3, 0.4) is 0 Å². The molecule has 27 heavy (non-hydrogen) atoms. The van der Waals surface area contributed by atoms with Crippen LogP contribution in [0.25, 0.3) is 11.5 Å². The summed E-state index contributed by atoms with van der Waals surface area (Å²) in [6.45, 7) is 4.18. The van der Waals surface area contributed by atoms with Crippen molar-refractivity contribution < 1.29 is 17.3 Å². The van der Waals surface area contributed by atoms with Gasteiger partial charge in [-0.3, -0.25) is 0 Å². The van der Waals surface area contributed by atoms with E-state index in [0.29, 0.717) is 11.4 Å². The Morgan fingerprint density at radius 3 is 2.44 bits per heavy atom. The Hall–Kier alpha value is -2.58. The lowest BCUT2D eigenvalue weighted by Gasteiger charge is -2.04. The van der Waals surface area contributed by atoms with Crippen LogP contribution < -0.4 is 5.14 Å². The van der Waals surface area contributed by atoms with Gasteiger partial charge in [-0.25, -0.2) is 17.9 Å². The summed E-state index contributed by atoms with van der Waals surface area (Å²) in [4.78, 5) is 4.53. The summed E-state index contributed by atoms with van der Waals surface area (Å²) in [5.74, 6) is 0.594. The van der Waals surface area contributed by atoms with E-state index in [1.165, 1.54) is 24.3 Å². The molecule has 0 bridgehead atoms. The molecule has 140 valence electrons. The second-order valence-corrected chi connectivity index (χ2v) is 8.92. The van der Waals surface area contributed by atoms with Gasteiger partial charge in [0.15, 0.2) is 5.82 Å². The van der Waals surface area contributed by atoms with Gasteiger partial charge >= 0.3 is 0 Å². The normalized spacial score (nSPS) is 21.2. The van der Waals surface area contributed by atoms with Crippen LogP contribution in [0.2, 0.25) is 0 Å². The molecular formula is C19H18FN3O3S. The second kappa shape index (κ2) is 5.97. The van der Waals surface area contributed by atoms with E-state index in [2.05, 4.69) is 24.0 Å². The topological polar surface area (TPSA) is 99.1 Å². The summed E-state index contributed by atoms with van der Waals surface area (Å²) in [6.07, 6.45) is 0. The number of rotatable bonds is 4. The van der Waals surface area contributed by atoms with Crippen molar-refractivity contribution in [1.29, 1.82) is 0 Å². The zero-order valence-electron chi connectivity index (χ0n) is 14.8. The highest BCUT2D eigenvalue weighted by Gasteiger charge is 2.61. The Balaban J connectivity index is 1.62. The van der Waals surface area contributed by atoms with Crippen molar-refractivity contribution in [1.82, 2.24) is 10.1 Å². The molecule has 2 N–H and O–H groups in total. The SMILES string of the molecule is CC1(C)[C@@H](c2ccc(S(N)(=O)=O)cc2)[C@@H]1c1noc(-c2cccc(F)c2)n1. The first kappa shape index (κ1) is 17.8. The van der Waals surface area contributed by atoms with Gasteiger partial charge in [-0.2, -0.15) is 4.98 Å². The number of aromatic nitrogens is 2. The molecule has 1 aliphatic carbocycles. The van der Waals surface area contributed by atoms with E-state index >= 15 is 0 Å². The average Bonchev–Trinajstić information content (AvgIpc) is 2.94. The molecule has 0 amide bonds. The number of halogens is 1. The van der Waals surface area contributed by atoms with Gasteiger partial charge in [0.2, 0.25) is 10.0 Å². The molecule has 6 nitrogen and oxygen atoms in total. The molecule has 0 unspecified atom stereocenters. The highest BCUT2D eigenvalue weighted by Crippen LogP contribution is 2.69. The standard InChI is InChI=1S/C19H18FN3O3S/c1-19(2)15(11-6-8-14(9-7-11)27(21,24)25)16(19)17-22-18(26-23-17)12-4-3-5-13(20)10-12/h3-10,15-16H,1-2H3,(H2,21,24,25)/t15-,16+/m0/s1. The molecule has 8 heteroatoms. The van der Waals surface area contributed by atoms with Crippen molar-refractivity contribution in [2.24, 2.45) is 10.6 Å². The van der Waals surface area contributed by atoms with Crippen molar-refractivity contribution in [3.05, 3.63) is 65.7 Å². The van der Waals surface area contributed by atoms with Crippen LogP contribution >= 0.6 is 0 Å². The molecule has 1 aromatic heterocycles. The predicted molar refractivity (Wildman–Crippen MR) is 96.8 cm³/mol. The minimum absolute atomic E-state index is 0.0175. The van der Waals surface area contributed by atoms with Crippen LogP contribution in [0.4, 0.5) is 4.39 Å². The molecule has 2 aromatic carbocycles. The molecular weight excluding hydrogens is 369 g/mol. The van der Waals surface area contributed by atoms with Gasteiger partial charge in [0.1, 0.15) is 5.82 Å². The maximum atomic E-state index is 13.4. The zero-order chi connectivity index (χ0) is 19.4. The number of nitrogens with two attached hydrogens (primary N) is 1. The summed E-state index contributed by atoms with van der Waals surface area (Å²) in [7, 11) is -3.72. The average molecular weight is 387 g/mol. The lowest BCUT2D eigenvalue weighted by molar-refractivity contribution is 0.419. The first-order valence-electron chi connectivity index (χ1n) is 8.40. The number of hydrogen-bond donors (Lipinski definition) is 1. The molecule has 0 radical (unpaired) electrons. The van der Waals surface area contributed by atoms with Crippen LogP contribution in [-0.4, -0.2) is 18.6 Å². The van der Waals surface area contributed by atoms with E-state index in [9.17, 15) is 12.8 Å². The second-order valence-electron chi connectivity index (χ2n) is 7.36. The van der Waals surface area contributed by atoms with Crippen molar-refractivity contribution in [2.75, 3.05) is 0 Å². The van der Waals surface area contributed by atoms with E-state index in [1.54, 1.807) is 24.3 Å². The third-order valence-corrected chi connectivity index (χ3v) is 6.12. The van der Waals surface area contributed by atoms with E-state index in [1.807, 2.05) is 0 Å². The lowest BCUT2D eigenvalue weighted by atomic mass is 10.0. The van der Waals surface area contributed by atoms with E-state index < -0.39 is 10.0 Å². The summed E-state index contributed by atoms with van der Waals surface area (Å²) >= 11 is 0. The van der Waals surface area contributed by atoms with Crippen LogP contribution in [-0.2, 0) is 10.0 Å². The maximum Gasteiger partial charge on any atom is 0.258 e. The number of hydrogen-bond acceptors (Lipinski definition) is 5. The third kappa shape index (κ3) is 3.15. The minimum Gasteiger partial charge on any atom is -0.334 e. The monoisotopic (exact) mass is 387 g/mol. The molecule has 3 aromatic rings. The fourth-order valence-electron chi connectivity index (χ4n) is 3.71. The molecule has 0 aliphatic heterocycles. The quantitative estimate of drug-likeness (QED) is 0.739. The molecule has 1 heterocycles. The molecule has 1 saturated carbocycles. The first-order valence-corrected chi connectivity index (χ1v) is 9.95. The van der Waals surface area contributed by atoms with Crippen LogP contribution in [0.5, 0.6) is 0 Å². The summed E-state index contributed by atoms with van der Waals surface area (Å²) < 4.78 is 41.6. The zero-order valence-corrected chi connectivity index (χ0v) is 15.6. The van der Waals surface area contributed by atoms with E-state index in [4.69, 9.17) is 9.66 Å². The molecule has 0 spiro atoms. The Kier molecular flexibility index (Phi) is 3.94. The number of sulfonamides is 1. The van der Waals surface area contributed by atoms with Gasteiger partial charge in [0.05, 0.1) is 4.90 Å². The van der Waals surface area contributed by atoms with E-state index in [-0.39, 0.29) is 33.9 Å². The minimum atomic E-state index is -3.72. The Morgan fingerprint density at radius 1 is 1.11 bits per heavy atom. The molecule has 4 rings (SSSR count). The van der Waals surface area contributed by atoms with E-state index in [0.717, 1.165) is 5.56 Å². The fourth-order valence-corrected chi connectivity index (χ4v) is 4.22. The molecule has 1 aliphatic rings. The first-order chi connectivity index (χ1) is 12.7. The van der Waals surface area contributed by atoms with Gasteiger partial charge in [-0.1, -0.05) is 37.2 Å². The van der Waals surface area contributed by atoms with Crippen molar-refractivity contribution in [2.45, 2.75) is 30.6 Å². The highest BCUT2D eigenvalue weighted by atomic mass is 32.2. The third-order valence-electron chi connectivity index (χ3n) is 5.19. The van der Waals surface area contributed by atoms with Crippen LogP contribution in [0, 0.1) is 11.2 Å². The predicted octanol–water partition coefficient (Wildman–Crippen LogP) is 3.43. The fraction of sp³-hybridized carbons (Fsp3) is 0.263. The van der Waals surface area contributed by atoms with Gasteiger partial charge in [-0.05, 0) is 41.3 Å². The Bertz CT molecular complexity index is 1110. The molecule has 0 saturated heterocycles. The Morgan fingerprint density at radius 2 is 1.81 bits per heavy atom. The molecule has 1 fully saturated rings. The van der Waals surface area contributed by atoms with Crippen molar-refractivity contribution in [3.63, 3.8) is 0 Å². The van der Waals surface area contributed by atoms with Crippen molar-refractivity contribution in [3.8, 4) is 11.5 Å². The molecule has 2 atom stereocenters. The Labute approximate surface area is 156 Å². The number of primary sulfonamides is 1. The lowest BCUT2D eigenvalue weighted by Crippen LogP contribution is -2.11. The van der Waals surface area contributed by atoms with Gasteiger partial charge in [0, 0.05) is 17.4 Å². The number of benzene rings is 2. The largest absolute Gasteiger partial charge is 0.334 e. The smallest absolute Gasteiger partial charge is 0.258 e. The van der Waals surface area contributed by atoms with Crippen LogP contribution in [0.1, 0.15) is 37.1 Å². The van der Waals surface area contributed by atoms with Crippen LogP contribution in [0.15, 0.2) is 57.9 Å². The van der Waals surface area contributed by atoms with Gasteiger partial charge in [-0.15, -0.1) is 0 Å². The maximum absolute atomic E-state index is 13.4. The van der Waals surface area contributed by atoms with Crippen molar-refractivity contribution >= 4 is 10.0 Å². The summed E-state index contributed by atoms with van der Waals surface area (Å²) in [5, 5.41) is 9.24. The van der Waals surface area contributed by atoms with Gasteiger partial charge in [0.25, 0.3) is 5.89 Å². The summed E-state index contributed by atoms with van der Waals surface area (Å²) in [6, 6.07) is 12.5. The van der Waals surface area contributed by atoms with Gasteiger partial charge < -0.3 is 4.52 Å². The highest BCUT2D eigenvalue weighted by molar-refractivity contribution is 7.89. The summed E-state index contributed by atoms with van der Waals surface area (Å²) in [5.41, 5.74) is 1.39. The number of nitrogens with zero attached hydrogens (tertiary/aromatic N) is 2.